The second-order valence-corrected chi connectivity index (χ2v) is 13.8. The highest BCUT2D eigenvalue weighted by Gasteiger charge is 2.45. The van der Waals surface area contributed by atoms with Crippen molar-refractivity contribution < 1.29 is 37.8 Å². The molecule has 5 atom stereocenters. The first-order valence-corrected chi connectivity index (χ1v) is 16.9. The zero-order chi connectivity index (χ0) is 32.3. The molecule has 14 nitrogen and oxygen atoms in total. The number of aromatic amines is 1. The van der Waals surface area contributed by atoms with Gasteiger partial charge in [-0.2, -0.15) is 0 Å². The summed E-state index contributed by atoms with van der Waals surface area (Å²) in [6.45, 7) is 5.33. The van der Waals surface area contributed by atoms with E-state index in [1.165, 1.54) is 6.20 Å². The standard InChI is InChI=1S/C27H38ClN4O10PS/c1-4-39-26(37)29-12-11-27(2,3)24(35)44-15-14-40-43(38,30-16-18-8-6-5-7-9-18)41-17-19-22(34)21(28)23(42-19)32-13-10-20(33)31-25(32)36/h5-10,13,19,21-23,34H,4,11-12,14-17H2,1-3H3,(H,29,37)(H,30,38)(H,31,33,36)/t19-,21-,22-,23-,43?/m1/s1. The summed E-state index contributed by atoms with van der Waals surface area (Å²) in [4.78, 5) is 50.0. The van der Waals surface area contributed by atoms with Gasteiger partial charge in [-0.05, 0) is 18.9 Å². The summed E-state index contributed by atoms with van der Waals surface area (Å²) in [5, 5.41) is 14.8. The highest BCUT2D eigenvalue weighted by Crippen LogP contribution is 2.45. The number of hydrogen-bond acceptors (Lipinski definition) is 11. The number of nitrogens with one attached hydrogen (secondary N) is 3. The Hall–Kier alpha value is -2.49. The molecule has 3 rings (SSSR count). The van der Waals surface area contributed by atoms with Crippen molar-refractivity contribution in [3.8, 4) is 0 Å². The van der Waals surface area contributed by atoms with Crippen molar-refractivity contribution in [1.29, 1.82) is 0 Å². The van der Waals surface area contributed by atoms with Crippen LogP contribution in [0.1, 0.15) is 39.0 Å². The summed E-state index contributed by atoms with van der Waals surface area (Å²) in [7, 11) is -4.01. The molecule has 0 bridgehead atoms. The van der Waals surface area contributed by atoms with Gasteiger partial charge < -0.3 is 19.9 Å². The number of benzene rings is 1. The number of alkyl halides is 1. The fourth-order valence-electron chi connectivity index (χ4n) is 4.03. The van der Waals surface area contributed by atoms with Crippen LogP contribution in [0.4, 0.5) is 4.79 Å². The topological polar surface area (TPSA) is 187 Å². The summed E-state index contributed by atoms with van der Waals surface area (Å²) in [5.74, 6) is 0.164. The van der Waals surface area contributed by atoms with Crippen molar-refractivity contribution in [1.82, 2.24) is 20.0 Å². The molecule has 1 aromatic carbocycles. The van der Waals surface area contributed by atoms with E-state index in [-0.39, 0.29) is 37.2 Å². The molecule has 17 heteroatoms. The number of amides is 1. The summed E-state index contributed by atoms with van der Waals surface area (Å²) >= 11 is 7.33. The van der Waals surface area contributed by atoms with Gasteiger partial charge in [0.25, 0.3) is 5.56 Å². The molecule has 1 amide bonds. The maximum absolute atomic E-state index is 13.7. The highest BCUT2D eigenvalue weighted by molar-refractivity contribution is 8.13. The van der Waals surface area contributed by atoms with E-state index in [2.05, 4.69) is 15.4 Å². The number of alkyl carbamates (subject to hydrolysis) is 1. The van der Waals surface area contributed by atoms with Gasteiger partial charge in [0, 0.05) is 36.5 Å². The van der Waals surface area contributed by atoms with Crippen LogP contribution >= 0.6 is 31.1 Å². The van der Waals surface area contributed by atoms with Crippen LogP contribution < -0.4 is 21.7 Å². The molecule has 1 saturated heterocycles. The number of H-pyrrole nitrogens is 1. The lowest BCUT2D eigenvalue weighted by atomic mass is 9.91. The number of thioether (sulfide) groups is 1. The van der Waals surface area contributed by atoms with Gasteiger partial charge in [0.05, 0.1) is 19.8 Å². The molecule has 44 heavy (non-hydrogen) atoms. The smallest absolute Gasteiger partial charge is 0.407 e. The molecule has 244 valence electrons. The lowest BCUT2D eigenvalue weighted by molar-refractivity contribution is -0.118. The zero-order valence-corrected chi connectivity index (χ0v) is 27.1. The van der Waals surface area contributed by atoms with Crippen LogP contribution in [0.3, 0.4) is 0 Å². The predicted octanol–water partition coefficient (Wildman–Crippen LogP) is 2.76. The van der Waals surface area contributed by atoms with Crippen LogP contribution in [0.2, 0.25) is 0 Å². The molecule has 1 fully saturated rings. The normalized spacial score (nSPS) is 21.5. The van der Waals surface area contributed by atoms with Crippen molar-refractivity contribution >= 4 is 42.3 Å². The average Bonchev–Trinajstić information content (AvgIpc) is 3.26. The van der Waals surface area contributed by atoms with Gasteiger partial charge in [-0.15, -0.1) is 11.6 Å². The van der Waals surface area contributed by atoms with Crippen molar-refractivity contribution in [3.05, 3.63) is 69.0 Å². The van der Waals surface area contributed by atoms with E-state index in [1.807, 2.05) is 30.3 Å². The van der Waals surface area contributed by atoms with Gasteiger partial charge in [0.15, 0.2) is 11.3 Å². The van der Waals surface area contributed by atoms with E-state index in [9.17, 15) is 28.8 Å². The number of aliphatic hydroxyl groups is 1. The number of aliphatic hydroxyl groups excluding tert-OH is 1. The van der Waals surface area contributed by atoms with Crippen LogP contribution in [-0.2, 0) is 34.4 Å². The van der Waals surface area contributed by atoms with Gasteiger partial charge in [-0.3, -0.25) is 28.2 Å². The first kappa shape index (κ1) is 36.0. The van der Waals surface area contributed by atoms with Gasteiger partial charge in [0.2, 0.25) is 0 Å². The van der Waals surface area contributed by atoms with Crippen LogP contribution in [0.15, 0.2) is 52.2 Å². The third-order valence-electron chi connectivity index (χ3n) is 6.57. The summed E-state index contributed by atoms with van der Waals surface area (Å²) in [6, 6.07) is 10.2. The number of halogens is 1. The molecular weight excluding hydrogens is 639 g/mol. The van der Waals surface area contributed by atoms with E-state index in [0.717, 1.165) is 28.0 Å². The third-order valence-corrected chi connectivity index (χ3v) is 9.79. The van der Waals surface area contributed by atoms with Crippen LogP contribution in [0.25, 0.3) is 0 Å². The Bertz CT molecular complexity index is 1410. The molecule has 2 heterocycles. The minimum Gasteiger partial charge on any atom is -0.450 e. The molecule has 1 unspecified atom stereocenters. The Labute approximate surface area is 263 Å². The molecule has 0 saturated carbocycles. The van der Waals surface area contributed by atoms with Gasteiger partial charge in [-0.1, -0.05) is 55.9 Å². The second kappa shape index (κ2) is 16.7. The van der Waals surface area contributed by atoms with Crippen LogP contribution in [0.5, 0.6) is 0 Å². The van der Waals surface area contributed by atoms with Crippen molar-refractivity contribution in [2.45, 2.75) is 57.5 Å². The van der Waals surface area contributed by atoms with Gasteiger partial charge in [-0.25, -0.2) is 19.2 Å². The predicted molar refractivity (Wildman–Crippen MR) is 165 cm³/mol. The lowest BCUT2D eigenvalue weighted by Crippen LogP contribution is -2.35. The Balaban J connectivity index is 1.58. The number of ether oxygens (including phenoxy) is 2. The minimum absolute atomic E-state index is 0.117. The van der Waals surface area contributed by atoms with Crippen LogP contribution in [0, 0.1) is 5.41 Å². The Morgan fingerprint density at radius 1 is 1.20 bits per heavy atom. The maximum Gasteiger partial charge on any atom is 0.407 e. The molecule has 2 aromatic rings. The zero-order valence-electron chi connectivity index (χ0n) is 24.6. The first-order chi connectivity index (χ1) is 20.8. The van der Waals surface area contributed by atoms with E-state index in [4.69, 9.17) is 30.1 Å². The molecule has 0 radical (unpaired) electrons. The number of nitrogens with zero attached hydrogens (tertiary/aromatic N) is 1. The van der Waals surface area contributed by atoms with Crippen molar-refractivity contribution in [2.75, 3.05) is 32.1 Å². The third kappa shape index (κ3) is 10.6. The second-order valence-electron chi connectivity index (χ2n) is 10.4. The Morgan fingerprint density at radius 2 is 1.93 bits per heavy atom. The van der Waals surface area contributed by atoms with E-state index in [1.54, 1.807) is 20.8 Å². The summed E-state index contributed by atoms with van der Waals surface area (Å²) in [6.07, 6.45) is -2.48. The van der Waals surface area contributed by atoms with E-state index in [0.29, 0.717) is 6.42 Å². The van der Waals surface area contributed by atoms with Crippen molar-refractivity contribution in [2.24, 2.45) is 5.41 Å². The fraction of sp³-hybridized carbons (Fsp3) is 0.556. The minimum atomic E-state index is -4.01. The molecule has 0 spiro atoms. The lowest BCUT2D eigenvalue weighted by Gasteiger charge is -2.24. The quantitative estimate of drug-likeness (QED) is 0.116. The monoisotopic (exact) mass is 676 g/mol. The number of hydrogen-bond donors (Lipinski definition) is 4. The molecule has 4 N–H and O–H groups in total. The molecule has 1 aliphatic heterocycles. The number of rotatable bonds is 16. The molecule has 0 aliphatic carbocycles. The van der Waals surface area contributed by atoms with Gasteiger partial charge in [0.1, 0.15) is 17.6 Å². The summed E-state index contributed by atoms with van der Waals surface area (Å²) in [5.41, 5.74) is -1.33. The SMILES string of the molecule is CCOC(=O)NCCC(C)(C)C(=O)SCCOP(=O)(NCc1ccccc1)OC[C@H]1O[C@@H](n2ccc(=O)[nH]c2=O)[C@H](Cl)[C@@H]1O. The molecular formula is C27H38ClN4O10PS. The molecule has 1 aliphatic rings. The van der Waals surface area contributed by atoms with E-state index >= 15 is 0 Å². The first-order valence-electron chi connectivity index (χ1n) is 13.9. The maximum atomic E-state index is 13.7. The number of aromatic nitrogens is 2. The van der Waals surface area contributed by atoms with E-state index < -0.39 is 60.9 Å². The Kier molecular flexibility index (Phi) is 13.7. The number of carbonyl (C=O) groups is 2. The Morgan fingerprint density at radius 3 is 2.61 bits per heavy atom. The largest absolute Gasteiger partial charge is 0.450 e. The van der Waals surface area contributed by atoms with Crippen LogP contribution in [-0.4, -0.2) is 75.6 Å². The molecule has 1 aromatic heterocycles. The average molecular weight is 677 g/mol. The fourth-order valence-corrected chi connectivity index (χ4v) is 6.65. The number of carbonyl (C=O) groups excluding carboxylic acids is 2. The van der Waals surface area contributed by atoms with Crippen molar-refractivity contribution in [3.63, 3.8) is 0 Å². The van der Waals surface area contributed by atoms with Gasteiger partial charge >= 0.3 is 19.5 Å². The summed E-state index contributed by atoms with van der Waals surface area (Å²) < 4.78 is 36.6. The highest BCUT2D eigenvalue weighted by atomic mass is 35.5.